The van der Waals surface area contributed by atoms with Crippen LogP contribution < -0.4 is 0 Å². The number of likely N-dealkylation sites (tertiary alicyclic amines) is 1. The Morgan fingerprint density at radius 1 is 1.28 bits per heavy atom. The highest BCUT2D eigenvalue weighted by Gasteiger charge is 2.25. The molecule has 2 aromatic heterocycles. The van der Waals surface area contributed by atoms with E-state index < -0.39 is 0 Å². The Bertz CT molecular complexity index is 836. The predicted molar refractivity (Wildman–Crippen MR) is 98.4 cm³/mol. The summed E-state index contributed by atoms with van der Waals surface area (Å²) in [4.78, 5) is 17.9. The molecule has 1 saturated heterocycles. The van der Waals surface area contributed by atoms with Crippen LogP contribution in [0.4, 0.5) is 0 Å². The van der Waals surface area contributed by atoms with Gasteiger partial charge >= 0.3 is 0 Å². The fourth-order valence-corrected chi connectivity index (χ4v) is 3.88. The number of para-hydroxylation sites is 1. The van der Waals surface area contributed by atoms with Crippen LogP contribution >= 0.6 is 0 Å². The summed E-state index contributed by atoms with van der Waals surface area (Å²) >= 11 is 0. The maximum Gasteiger partial charge on any atom is 0.222 e. The van der Waals surface area contributed by atoms with Gasteiger partial charge in [0, 0.05) is 54.4 Å². The number of hydrogen-bond donors (Lipinski definition) is 2. The first-order valence-electron chi connectivity index (χ1n) is 9.13. The molecule has 5 heteroatoms. The molecule has 0 unspecified atom stereocenters. The summed E-state index contributed by atoms with van der Waals surface area (Å²) in [5.74, 6) is 0.679. The van der Waals surface area contributed by atoms with Gasteiger partial charge in [-0.1, -0.05) is 18.2 Å². The van der Waals surface area contributed by atoms with E-state index in [1.54, 1.807) is 6.20 Å². The number of carbonyl (C=O) groups is 1. The lowest BCUT2D eigenvalue weighted by molar-refractivity contribution is -0.132. The molecule has 130 valence electrons. The Hall–Kier alpha value is -2.56. The first kappa shape index (κ1) is 15.9. The number of H-pyrrole nitrogens is 2. The van der Waals surface area contributed by atoms with Gasteiger partial charge in [-0.15, -0.1) is 0 Å². The molecule has 1 aliphatic heterocycles. The van der Waals surface area contributed by atoms with Gasteiger partial charge in [0.15, 0.2) is 0 Å². The van der Waals surface area contributed by atoms with Gasteiger partial charge in [-0.2, -0.15) is 5.10 Å². The van der Waals surface area contributed by atoms with Crippen LogP contribution in [0.25, 0.3) is 10.9 Å². The largest absolute Gasteiger partial charge is 0.361 e. The Morgan fingerprint density at radius 2 is 2.20 bits per heavy atom. The number of aromatic amines is 2. The van der Waals surface area contributed by atoms with Gasteiger partial charge in [-0.05, 0) is 43.4 Å². The smallest absolute Gasteiger partial charge is 0.222 e. The molecule has 1 amide bonds. The van der Waals surface area contributed by atoms with Gasteiger partial charge in [0.1, 0.15) is 0 Å². The molecule has 3 aromatic rings. The van der Waals surface area contributed by atoms with E-state index in [0.29, 0.717) is 12.3 Å². The van der Waals surface area contributed by atoms with Crippen molar-refractivity contribution in [3.63, 3.8) is 0 Å². The zero-order valence-electron chi connectivity index (χ0n) is 14.4. The van der Waals surface area contributed by atoms with Gasteiger partial charge in [-0.25, -0.2) is 0 Å². The normalized spacial score (nSPS) is 17.9. The van der Waals surface area contributed by atoms with E-state index in [0.717, 1.165) is 44.5 Å². The number of nitrogens with one attached hydrogen (secondary N) is 2. The molecule has 5 nitrogen and oxygen atoms in total. The van der Waals surface area contributed by atoms with Crippen molar-refractivity contribution in [1.82, 2.24) is 20.1 Å². The quantitative estimate of drug-likeness (QED) is 0.747. The van der Waals surface area contributed by atoms with Gasteiger partial charge in [-0.3, -0.25) is 9.89 Å². The second kappa shape index (κ2) is 7.13. The number of rotatable bonds is 5. The van der Waals surface area contributed by atoms with E-state index in [-0.39, 0.29) is 5.91 Å². The maximum atomic E-state index is 12.6. The Morgan fingerprint density at radius 3 is 3.08 bits per heavy atom. The zero-order valence-corrected chi connectivity index (χ0v) is 14.4. The number of hydrogen-bond acceptors (Lipinski definition) is 2. The van der Waals surface area contributed by atoms with Crippen LogP contribution in [-0.4, -0.2) is 39.1 Å². The third-order valence-electron chi connectivity index (χ3n) is 5.25. The first-order valence-corrected chi connectivity index (χ1v) is 9.13. The first-order chi connectivity index (χ1) is 12.3. The number of amides is 1. The molecular weight excluding hydrogens is 312 g/mol. The molecule has 0 spiro atoms. The lowest BCUT2D eigenvalue weighted by atomic mass is 9.94. The number of carbonyl (C=O) groups excluding carboxylic acids is 1. The molecule has 1 atom stereocenters. The van der Waals surface area contributed by atoms with Crippen LogP contribution in [0.2, 0.25) is 0 Å². The average Bonchev–Trinajstić information content (AvgIpc) is 3.32. The Kier molecular flexibility index (Phi) is 4.55. The zero-order chi connectivity index (χ0) is 17.1. The standard InChI is InChI=1S/C20H24N4O/c25-20(24-12-4-6-16(14-24)18-10-11-22-23-18)9-3-5-15-13-21-19-8-2-1-7-17(15)19/h1-2,7-8,10-11,13,16,21H,3-6,9,12,14H2,(H,22,23)/t16-/m0/s1. The minimum Gasteiger partial charge on any atom is -0.361 e. The Balaban J connectivity index is 1.31. The van der Waals surface area contributed by atoms with E-state index >= 15 is 0 Å². The SMILES string of the molecule is O=C(CCCc1c[nH]c2ccccc12)N1CCC[C@H](c2ccn[nH]2)C1. The average molecular weight is 336 g/mol. The van der Waals surface area contributed by atoms with Crippen LogP contribution in [0.1, 0.15) is 42.9 Å². The number of aryl methyl sites for hydroxylation is 1. The molecule has 2 N–H and O–H groups in total. The van der Waals surface area contributed by atoms with Gasteiger partial charge < -0.3 is 9.88 Å². The molecule has 0 aliphatic carbocycles. The minimum atomic E-state index is 0.282. The molecule has 1 aliphatic rings. The van der Waals surface area contributed by atoms with E-state index in [1.807, 2.05) is 17.0 Å². The third kappa shape index (κ3) is 3.45. The fourth-order valence-electron chi connectivity index (χ4n) is 3.88. The molecule has 0 bridgehead atoms. The highest BCUT2D eigenvalue weighted by atomic mass is 16.2. The Labute approximate surface area is 147 Å². The fraction of sp³-hybridized carbons (Fsp3) is 0.400. The van der Waals surface area contributed by atoms with Crippen LogP contribution in [-0.2, 0) is 11.2 Å². The summed E-state index contributed by atoms with van der Waals surface area (Å²) < 4.78 is 0. The maximum absolute atomic E-state index is 12.6. The highest BCUT2D eigenvalue weighted by molar-refractivity contribution is 5.83. The van der Waals surface area contributed by atoms with E-state index in [9.17, 15) is 4.79 Å². The van der Waals surface area contributed by atoms with Crippen molar-refractivity contribution in [2.75, 3.05) is 13.1 Å². The molecule has 0 radical (unpaired) electrons. The van der Waals surface area contributed by atoms with E-state index in [1.165, 1.54) is 16.5 Å². The number of fused-ring (bicyclic) bond motifs is 1. The summed E-state index contributed by atoms with van der Waals surface area (Å²) in [6.45, 7) is 1.70. The number of benzene rings is 1. The number of nitrogens with zero attached hydrogens (tertiary/aromatic N) is 2. The number of piperidine rings is 1. The van der Waals surface area contributed by atoms with Crippen molar-refractivity contribution in [3.05, 3.63) is 54.0 Å². The van der Waals surface area contributed by atoms with Crippen molar-refractivity contribution < 1.29 is 4.79 Å². The molecule has 25 heavy (non-hydrogen) atoms. The van der Waals surface area contributed by atoms with Crippen LogP contribution in [0, 0.1) is 0 Å². The second-order valence-corrected chi connectivity index (χ2v) is 6.90. The van der Waals surface area contributed by atoms with Crippen LogP contribution in [0.5, 0.6) is 0 Å². The van der Waals surface area contributed by atoms with Gasteiger partial charge in [0.2, 0.25) is 5.91 Å². The second-order valence-electron chi connectivity index (χ2n) is 6.90. The van der Waals surface area contributed by atoms with E-state index in [4.69, 9.17) is 0 Å². The topological polar surface area (TPSA) is 64.8 Å². The molecule has 1 aromatic carbocycles. The van der Waals surface area contributed by atoms with Crippen LogP contribution in [0.3, 0.4) is 0 Å². The van der Waals surface area contributed by atoms with Gasteiger partial charge in [0.05, 0.1) is 0 Å². The molecular formula is C20H24N4O. The summed E-state index contributed by atoms with van der Waals surface area (Å²) in [6, 6.07) is 10.4. The van der Waals surface area contributed by atoms with Crippen molar-refractivity contribution in [3.8, 4) is 0 Å². The third-order valence-corrected chi connectivity index (χ3v) is 5.25. The number of aromatic nitrogens is 3. The minimum absolute atomic E-state index is 0.282. The molecule has 3 heterocycles. The summed E-state index contributed by atoms with van der Waals surface area (Å²) in [5, 5.41) is 8.36. The van der Waals surface area contributed by atoms with Crippen molar-refractivity contribution in [2.24, 2.45) is 0 Å². The summed E-state index contributed by atoms with van der Waals surface area (Å²) in [7, 11) is 0. The van der Waals surface area contributed by atoms with Crippen LogP contribution in [0.15, 0.2) is 42.7 Å². The van der Waals surface area contributed by atoms with Gasteiger partial charge in [0.25, 0.3) is 0 Å². The molecule has 4 rings (SSSR count). The van der Waals surface area contributed by atoms with Crippen molar-refractivity contribution in [1.29, 1.82) is 0 Å². The van der Waals surface area contributed by atoms with Crippen molar-refractivity contribution >= 4 is 16.8 Å². The monoisotopic (exact) mass is 336 g/mol. The lowest BCUT2D eigenvalue weighted by Gasteiger charge is -2.32. The molecule has 0 saturated carbocycles. The predicted octanol–water partition coefficient (Wildman–Crippen LogP) is 3.62. The summed E-state index contributed by atoms with van der Waals surface area (Å²) in [5.41, 5.74) is 3.62. The molecule has 1 fully saturated rings. The van der Waals surface area contributed by atoms with Crippen molar-refractivity contribution in [2.45, 2.75) is 38.0 Å². The lowest BCUT2D eigenvalue weighted by Crippen LogP contribution is -2.39. The summed E-state index contributed by atoms with van der Waals surface area (Å²) in [6.07, 6.45) is 8.51. The highest BCUT2D eigenvalue weighted by Crippen LogP contribution is 2.26. The van der Waals surface area contributed by atoms with E-state index in [2.05, 4.69) is 39.6 Å².